The first-order valence-corrected chi connectivity index (χ1v) is 37.9. The topological polar surface area (TPSA) is 110 Å². The SMILES string of the molecule is C1=CC2c3c(ccc4c3c3ccccc3n4-c3ccccc3-c3nc(-c4ccc(-c5ccccc5)cc4)nc(-c4cccc(-c5cccc(-c6cccc7c6oc6c7ccc7c8ccccc8n(-c8ccccc8-c8nc(-c9ccccc9)nc(-c9ccc(-c%10ccccc%10)cc9)n8)c76)c5)c4)n3)OC2C(c2ccccc2)=C1. The van der Waals surface area contributed by atoms with Crippen molar-refractivity contribution in [1.29, 1.82) is 0 Å². The smallest absolute Gasteiger partial charge is 0.166 e. The van der Waals surface area contributed by atoms with Crippen molar-refractivity contribution in [2.75, 3.05) is 0 Å². The Morgan fingerprint density at radius 1 is 0.268 bits per heavy atom. The normalized spacial score (nSPS) is 13.8. The summed E-state index contributed by atoms with van der Waals surface area (Å²) in [5, 5.41) is 6.51. The molecule has 1 aliphatic heterocycles. The lowest BCUT2D eigenvalue weighted by Crippen LogP contribution is -2.21. The third-order valence-corrected chi connectivity index (χ3v) is 22.3. The molecule has 0 spiro atoms. The molecule has 0 N–H and O–H groups in total. The number of nitrogens with zero attached hydrogens (tertiary/aromatic N) is 8. The minimum Gasteiger partial charge on any atom is -0.484 e. The molecule has 0 radical (unpaired) electrons. The van der Waals surface area contributed by atoms with E-state index in [4.69, 9.17) is 39.1 Å². The second kappa shape index (κ2) is 26.4. The first kappa shape index (κ1) is 64.2. The highest BCUT2D eigenvalue weighted by molar-refractivity contribution is 6.23. The molecule has 10 nitrogen and oxygen atoms in total. The number of rotatable bonds is 13. The quantitative estimate of drug-likeness (QED) is 0.112. The lowest BCUT2D eigenvalue weighted by Gasteiger charge is -2.23. The van der Waals surface area contributed by atoms with Gasteiger partial charge in [0.1, 0.15) is 17.4 Å². The van der Waals surface area contributed by atoms with Gasteiger partial charge < -0.3 is 18.3 Å². The van der Waals surface area contributed by atoms with E-state index < -0.39 is 0 Å². The van der Waals surface area contributed by atoms with E-state index in [0.29, 0.717) is 34.9 Å². The van der Waals surface area contributed by atoms with Gasteiger partial charge in [-0.05, 0) is 111 Å². The van der Waals surface area contributed by atoms with Gasteiger partial charge in [-0.2, -0.15) is 0 Å². The second-order valence-corrected chi connectivity index (χ2v) is 28.7. The maximum absolute atomic E-state index is 7.46. The Morgan fingerprint density at radius 3 is 1.31 bits per heavy atom. The van der Waals surface area contributed by atoms with Crippen LogP contribution in [0.3, 0.4) is 0 Å². The molecule has 1 aliphatic carbocycles. The molecule has 2 aliphatic rings. The highest BCUT2D eigenvalue weighted by Crippen LogP contribution is 2.52. The minimum atomic E-state index is -0.157. The van der Waals surface area contributed by atoms with Crippen molar-refractivity contribution in [1.82, 2.24) is 39.0 Å². The van der Waals surface area contributed by atoms with E-state index in [1.807, 2.05) is 42.5 Å². The molecule has 5 aromatic heterocycles. The lowest BCUT2D eigenvalue weighted by atomic mass is 9.83. The fourth-order valence-electron chi connectivity index (χ4n) is 17.0. The Bertz CT molecular complexity index is 7210. The summed E-state index contributed by atoms with van der Waals surface area (Å²) >= 11 is 0. The van der Waals surface area contributed by atoms with Gasteiger partial charge in [0.25, 0.3) is 0 Å². The predicted octanol–water partition coefficient (Wildman–Crippen LogP) is 25.3. The molecular weight excluding hydrogens is 1370 g/mol. The van der Waals surface area contributed by atoms with Crippen molar-refractivity contribution in [2.45, 2.75) is 12.0 Å². The van der Waals surface area contributed by atoms with E-state index in [1.54, 1.807) is 0 Å². The van der Waals surface area contributed by atoms with Gasteiger partial charge in [0.2, 0.25) is 0 Å². The van der Waals surface area contributed by atoms with Crippen molar-refractivity contribution >= 4 is 71.1 Å². The van der Waals surface area contributed by atoms with Crippen LogP contribution in [0, 0.1) is 0 Å². The molecule has 0 saturated heterocycles. The average Bonchev–Trinajstić information content (AvgIpc) is 1.57. The second-order valence-electron chi connectivity index (χ2n) is 28.7. The van der Waals surface area contributed by atoms with Crippen molar-refractivity contribution in [2.24, 2.45) is 0 Å². The minimum absolute atomic E-state index is 0.0149. The number of para-hydroxylation sites is 5. The highest BCUT2D eigenvalue weighted by atomic mass is 16.5. The van der Waals surface area contributed by atoms with E-state index in [1.165, 1.54) is 16.5 Å². The summed E-state index contributed by atoms with van der Waals surface area (Å²) in [5.74, 6) is 4.30. The number of hydrogen-bond acceptors (Lipinski definition) is 8. The largest absolute Gasteiger partial charge is 0.484 e. The third-order valence-electron chi connectivity index (χ3n) is 22.3. The maximum Gasteiger partial charge on any atom is 0.166 e. The summed E-state index contributed by atoms with van der Waals surface area (Å²) in [7, 11) is 0. The van der Waals surface area contributed by atoms with Gasteiger partial charge in [-0.15, -0.1) is 0 Å². The molecular formula is C102H64N8O2. The van der Waals surface area contributed by atoms with Gasteiger partial charge in [0, 0.05) is 88.3 Å². The summed E-state index contributed by atoms with van der Waals surface area (Å²) in [6, 6.07) is 126. The number of benzene rings is 15. The number of allylic oxidation sites excluding steroid dienone is 2. The van der Waals surface area contributed by atoms with Crippen molar-refractivity contribution < 1.29 is 9.15 Å². The van der Waals surface area contributed by atoms with Crippen LogP contribution >= 0.6 is 0 Å². The molecule has 15 aromatic carbocycles. The monoisotopic (exact) mass is 1430 g/mol. The molecule has 0 bridgehead atoms. The van der Waals surface area contributed by atoms with Gasteiger partial charge in [-0.1, -0.05) is 309 Å². The van der Waals surface area contributed by atoms with Crippen molar-refractivity contribution in [3.8, 4) is 130 Å². The van der Waals surface area contributed by atoms with Gasteiger partial charge in [-0.3, -0.25) is 0 Å². The molecule has 2 unspecified atom stereocenters. The van der Waals surface area contributed by atoms with Gasteiger partial charge in [-0.25, -0.2) is 29.9 Å². The molecule has 6 heterocycles. The van der Waals surface area contributed by atoms with E-state index in [9.17, 15) is 0 Å². The van der Waals surface area contributed by atoms with Crippen LogP contribution in [0.2, 0.25) is 0 Å². The van der Waals surface area contributed by atoms with Crippen LogP contribution < -0.4 is 4.74 Å². The fraction of sp³-hybridized carbons (Fsp3) is 0.0196. The molecule has 0 saturated carbocycles. The Labute approximate surface area is 644 Å². The number of fused-ring (bicyclic) bond motifs is 14. The van der Waals surface area contributed by atoms with Crippen LogP contribution in [0.5, 0.6) is 5.75 Å². The zero-order valence-electron chi connectivity index (χ0n) is 60.3. The molecule has 22 rings (SSSR count). The van der Waals surface area contributed by atoms with Crippen LogP contribution in [-0.2, 0) is 0 Å². The van der Waals surface area contributed by atoms with Crippen LogP contribution in [0.15, 0.2) is 381 Å². The summed E-state index contributed by atoms with van der Waals surface area (Å²) in [6.07, 6.45) is 6.55. The number of aromatic nitrogens is 8. The molecule has 10 heteroatoms. The summed E-state index contributed by atoms with van der Waals surface area (Å²) in [5.41, 5.74) is 24.8. The van der Waals surface area contributed by atoms with Crippen molar-refractivity contribution in [3.63, 3.8) is 0 Å². The Hall–Kier alpha value is -15.0. The van der Waals surface area contributed by atoms with Crippen LogP contribution in [0.4, 0.5) is 0 Å². The Balaban J connectivity index is 0.651. The molecule has 0 amide bonds. The summed E-state index contributed by atoms with van der Waals surface area (Å²) in [6.45, 7) is 0. The first-order valence-electron chi connectivity index (χ1n) is 37.9. The van der Waals surface area contributed by atoms with Crippen LogP contribution in [0.25, 0.3) is 195 Å². The molecule has 0 fully saturated rings. The van der Waals surface area contributed by atoms with Gasteiger partial charge in [0.15, 0.2) is 40.5 Å². The Kier molecular flexibility index (Phi) is 15.2. The van der Waals surface area contributed by atoms with E-state index in [0.717, 1.165) is 161 Å². The highest BCUT2D eigenvalue weighted by Gasteiger charge is 2.40. The maximum atomic E-state index is 7.46. The van der Waals surface area contributed by atoms with Crippen LogP contribution in [0.1, 0.15) is 17.0 Å². The fourth-order valence-corrected chi connectivity index (χ4v) is 17.0. The number of hydrogen-bond donors (Lipinski definition) is 0. The summed E-state index contributed by atoms with van der Waals surface area (Å²) < 4.78 is 19.2. The number of furan rings is 1. The average molecular weight is 1430 g/mol. The predicted molar refractivity (Wildman–Crippen MR) is 454 cm³/mol. The zero-order valence-corrected chi connectivity index (χ0v) is 60.3. The number of ether oxygens (including phenoxy) is 1. The standard InChI is InChI=1S/C102H64N8O2/c1-5-25-63(26-6-1)65-49-53-69(54-50-65)98-103-97(68-31-11-4-12-32-68)105-102(106-98)83-40-16-20-48-88(83)110-85-45-17-13-37-77(85)78-57-58-80-79-43-23-42-76(94(79)112-96(80)93(78)110)73-35-21-33-71(61-73)72-34-22-36-74(62-72)100-104-99(70-55-51-66(52-56-70)64-27-7-2-8-28-64)107-101(108-100)82-39-15-19-47-87(82)109-86-46-18-14-38-81(86)91-89(109)59-60-90-92(91)84-44-24-41-75(95(84)111-90)67-29-9-3-10-30-67/h1-62,84,95H. The van der Waals surface area contributed by atoms with E-state index >= 15 is 0 Å². The molecule has 20 aromatic rings. The molecule has 524 valence electrons. The van der Waals surface area contributed by atoms with Gasteiger partial charge in [0.05, 0.1) is 33.4 Å². The zero-order chi connectivity index (χ0) is 73.7. The third kappa shape index (κ3) is 10.8. The van der Waals surface area contributed by atoms with E-state index in [-0.39, 0.29) is 12.0 Å². The first-order chi connectivity index (χ1) is 55.5. The van der Waals surface area contributed by atoms with Gasteiger partial charge >= 0.3 is 0 Å². The molecule has 2 atom stereocenters. The lowest BCUT2D eigenvalue weighted by molar-refractivity contribution is 0.278. The van der Waals surface area contributed by atoms with Crippen molar-refractivity contribution in [3.05, 3.63) is 387 Å². The summed E-state index contributed by atoms with van der Waals surface area (Å²) in [4.78, 5) is 32.2. The van der Waals surface area contributed by atoms with Crippen LogP contribution in [-0.4, -0.2) is 45.1 Å². The Morgan fingerprint density at radius 2 is 0.688 bits per heavy atom. The van der Waals surface area contributed by atoms with E-state index in [2.05, 4.69) is 343 Å². The molecule has 112 heavy (non-hydrogen) atoms.